The number of ether oxygens (including phenoxy) is 1. The number of hydrogen-bond acceptors (Lipinski definition) is 6. The summed E-state index contributed by atoms with van der Waals surface area (Å²) in [7, 11) is -0.636. The predicted octanol–water partition coefficient (Wildman–Crippen LogP) is 3.01. The first-order valence-corrected chi connectivity index (χ1v) is 12.5. The molecule has 7 heteroatoms. The van der Waals surface area contributed by atoms with Gasteiger partial charge in [0.1, 0.15) is 12.4 Å². The highest BCUT2D eigenvalue weighted by Crippen LogP contribution is 2.25. The zero-order chi connectivity index (χ0) is 21.8. The minimum atomic E-state index is -0.636. The van der Waals surface area contributed by atoms with Crippen molar-refractivity contribution in [1.82, 2.24) is 9.88 Å². The van der Waals surface area contributed by atoms with Crippen LogP contribution in [0.2, 0.25) is 0 Å². The summed E-state index contributed by atoms with van der Waals surface area (Å²) in [6.07, 6.45) is 5.65. The molecule has 0 spiro atoms. The highest BCUT2D eigenvalue weighted by Gasteiger charge is 2.30. The molecular formula is C22H37N3O3S. The van der Waals surface area contributed by atoms with E-state index in [9.17, 15) is 9.59 Å². The van der Waals surface area contributed by atoms with Gasteiger partial charge in [0.15, 0.2) is 5.78 Å². The van der Waals surface area contributed by atoms with Gasteiger partial charge in [0.05, 0.1) is 6.61 Å². The van der Waals surface area contributed by atoms with Crippen LogP contribution in [0.25, 0.3) is 0 Å². The fourth-order valence-corrected chi connectivity index (χ4v) is 4.21. The molecule has 2 heterocycles. The monoisotopic (exact) mass is 423 g/mol. The van der Waals surface area contributed by atoms with Crippen LogP contribution in [0.15, 0.2) is 18.3 Å². The molecule has 1 aromatic heterocycles. The van der Waals surface area contributed by atoms with Gasteiger partial charge in [-0.2, -0.15) is 10.9 Å². The quantitative estimate of drug-likeness (QED) is 0.537. The summed E-state index contributed by atoms with van der Waals surface area (Å²) in [4.78, 5) is 33.4. The molecule has 1 aromatic rings. The molecule has 1 fully saturated rings. The summed E-state index contributed by atoms with van der Waals surface area (Å²) < 4.78 is 5.61. The smallest absolute Gasteiger partial charge is 0.200 e. The fraction of sp³-hybridized carbons (Fsp3) is 0.682. The molecule has 0 amide bonds. The molecule has 0 aliphatic carbocycles. The number of Topliss-reactive ketones (excluding diaryl/α,β-unsaturated/α-hetero) is 1. The van der Waals surface area contributed by atoms with Crippen LogP contribution >= 0.6 is 10.9 Å². The van der Waals surface area contributed by atoms with Gasteiger partial charge in [0, 0.05) is 48.9 Å². The van der Waals surface area contributed by atoms with Crippen molar-refractivity contribution >= 4 is 27.6 Å². The number of anilines is 1. The maximum Gasteiger partial charge on any atom is 0.200 e. The van der Waals surface area contributed by atoms with Crippen molar-refractivity contribution in [2.45, 2.75) is 46.7 Å². The Morgan fingerprint density at radius 3 is 2.28 bits per heavy atom. The van der Waals surface area contributed by atoms with E-state index in [1.807, 2.05) is 45.4 Å². The molecule has 164 valence electrons. The number of thiol groups is 1. The van der Waals surface area contributed by atoms with Gasteiger partial charge < -0.3 is 9.64 Å². The standard InChI is InChI=1S/C22H37N3O3S/c1-16-13-24(10-11-28-15-19(26)22(3,4)5)14-17(2)25(16)20-9-8-18(12-23-20)21(27)29(6)7/h8-9,12,16-17,29H,10-11,13-15H2,1-7H3/t16-,17+. The summed E-state index contributed by atoms with van der Waals surface area (Å²) >= 11 is 0. The van der Waals surface area contributed by atoms with Crippen LogP contribution in [-0.4, -0.2) is 78.2 Å². The molecule has 0 unspecified atom stereocenters. The minimum Gasteiger partial charge on any atom is -0.372 e. The Kier molecular flexibility index (Phi) is 8.26. The number of piperazine rings is 1. The van der Waals surface area contributed by atoms with Gasteiger partial charge in [-0.1, -0.05) is 20.8 Å². The van der Waals surface area contributed by atoms with Gasteiger partial charge >= 0.3 is 0 Å². The van der Waals surface area contributed by atoms with Gasteiger partial charge in [0.25, 0.3) is 0 Å². The number of carbonyl (C=O) groups excluding carboxylic acids is 2. The molecule has 29 heavy (non-hydrogen) atoms. The Morgan fingerprint density at radius 1 is 1.17 bits per heavy atom. The predicted molar refractivity (Wildman–Crippen MR) is 123 cm³/mol. The van der Waals surface area contributed by atoms with E-state index in [4.69, 9.17) is 4.74 Å². The minimum absolute atomic E-state index is 0.135. The highest BCUT2D eigenvalue weighted by molar-refractivity contribution is 8.29. The normalized spacial score (nSPS) is 21.2. The van der Waals surface area contributed by atoms with Crippen LogP contribution in [0.4, 0.5) is 5.82 Å². The van der Waals surface area contributed by atoms with Crippen LogP contribution in [0.1, 0.15) is 45.0 Å². The average Bonchev–Trinajstić information content (AvgIpc) is 2.63. The van der Waals surface area contributed by atoms with Gasteiger partial charge in [-0.25, -0.2) is 4.98 Å². The Labute approximate surface area is 178 Å². The summed E-state index contributed by atoms with van der Waals surface area (Å²) in [6.45, 7) is 13.5. The van der Waals surface area contributed by atoms with E-state index in [-0.39, 0.29) is 22.9 Å². The zero-order valence-corrected chi connectivity index (χ0v) is 19.8. The van der Waals surface area contributed by atoms with E-state index in [1.54, 1.807) is 6.20 Å². The lowest BCUT2D eigenvalue weighted by Crippen LogP contribution is -2.57. The SMILES string of the molecule is C[C@@H]1CN(CCOCC(=O)C(C)(C)C)C[C@H](C)N1c1ccc(C(=O)[SH](C)C)cn1. The van der Waals surface area contributed by atoms with Crippen molar-refractivity contribution < 1.29 is 14.3 Å². The third-order valence-electron chi connectivity index (χ3n) is 5.28. The molecule has 0 radical (unpaired) electrons. The van der Waals surface area contributed by atoms with Crippen LogP contribution in [0.3, 0.4) is 0 Å². The maximum atomic E-state index is 12.2. The number of ketones is 1. The number of aromatic nitrogens is 1. The van der Waals surface area contributed by atoms with Crippen molar-refractivity contribution in [2.24, 2.45) is 5.41 Å². The molecule has 1 saturated heterocycles. The lowest BCUT2D eigenvalue weighted by atomic mass is 9.91. The van der Waals surface area contributed by atoms with Crippen molar-refractivity contribution in [3.63, 3.8) is 0 Å². The number of carbonyl (C=O) groups is 2. The molecule has 0 N–H and O–H groups in total. The van der Waals surface area contributed by atoms with Gasteiger partial charge in [-0.3, -0.25) is 14.5 Å². The average molecular weight is 424 g/mol. The van der Waals surface area contributed by atoms with Crippen molar-refractivity contribution in [3.05, 3.63) is 23.9 Å². The molecular weight excluding hydrogens is 386 g/mol. The molecule has 2 rings (SSSR count). The van der Waals surface area contributed by atoms with Gasteiger partial charge in [-0.15, -0.1) is 0 Å². The molecule has 0 saturated carbocycles. The molecule has 1 aliphatic rings. The summed E-state index contributed by atoms with van der Waals surface area (Å²) in [5, 5.41) is 0.190. The van der Waals surface area contributed by atoms with Crippen molar-refractivity contribution in [2.75, 3.05) is 50.3 Å². The van der Waals surface area contributed by atoms with E-state index in [1.165, 1.54) is 0 Å². The Morgan fingerprint density at radius 2 is 1.79 bits per heavy atom. The zero-order valence-electron chi connectivity index (χ0n) is 18.9. The number of rotatable bonds is 7. The van der Waals surface area contributed by atoms with E-state index >= 15 is 0 Å². The Hall–Kier alpha value is -1.44. The van der Waals surface area contributed by atoms with E-state index in [0.717, 1.165) is 25.5 Å². The van der Waals surface area contributed by atoms with Crippen molar-refractivity contribution in [1.29, 1.82) is 0 Å². The molecule has 1 aliphatic heterocycles. The summed E-state index contributed by atoms with van der Waals surface area (Å²) in [5.41, 5.74) is 0.351. The maximum absolute atomic E-state index is 12.2. The van der Waals surface area contributed by atoms with Gasteiger partial charge in [0.2, 0.25) is 5.12 Å². The number of pyridine rings is 1. The van der Waals surface area contributed by atoms with Crippen LogP contribution < -0.4 is 4.90 Å². The molecule has 0 bridgehead atoms. The van der Waals surface area contributed by atoms with Crippen LogP contribution in [0.5, 0.6) is 0 Å². The van der Waals surface area contributed by atoms with Crippen LogP contribution in [-0.2, 0) is 9.53 Å². The molecule has 0 aromatic carbocycles. The lowest BCUT2D eigenvalue weighted by molar-refractivity contribution is -0.131. The Bertz CT molecular complexity index is 688. The second kappa shape index (κ2) is 10.0. The van der Waals surface area contributed by atoms with Crippen LogP contribution in [0, 0.1) is 5.41 Å². The first kappa shape index (κ1) is 23.8. The van der Waals surface area contributed by atoms with Crippen molar-refractivity contribution in [3.8, 4) is 0 Å². The molecule has 6 nitrogen and oxygen atoms in total. The second-order valence-electron chi connectivity index (χ2n) is 9.20. The van der Waals surface area contributed by atoms with Gasteiger partial charge in [-0.05, 0) is 38.5 Å². The van der Waals surface area contributed by atoms with E-state index in [0.29, 0.717) is 24.3 Å². The third-order valence-corrected chi connectivity index (χ3v) is 6.35. The summed E-state index contributed by atoms with van der Waals surface area (Å²) in [5.74, 6) is 1.06. The lowest BCUT2D eigenvalue weighted by Gasteiger charge is -2.45. The summed E-state index contributed by atoms with van der Waals surface area (Å²) in [6, 6.07) is 4.48. The number of hydrogen-bond donors (Lipinski definition) is 1. The fourth-order valence-electron chi connectivity index (χ4n) is 3.56. The highest BCUT2D eigenvalue weighted by atomic mass is 32.2. The largest absolute Gasteiger partial charge is 0.372 e. The topological polar surface area (TPSA) is 62.7 Å². The number of nitrogens with zero attached hydrogens (tertiary/aromatic N) is 3. The first-order chi connectivity index (χ1) is 13.5. The third kappa shape index (κ3) is 6.52. The van der Waals surface area contributed by atoms with E-state index in [2.05, 4.69) is 28.6 Å². The van der Waals surface area contributed by atoms with E-state index < -0.39 is 10.9 Å². The second-order valence-corrected chi connectivity index (χ2v) is 11.4. The first-order valence-electron chi connectivity index (χ1n) is 10.3. The Balaban J connectivity index is 1.88. The molecule has 2 atom stereocenters.